The second-order valence-corrected chi connectivity index (χ2v) is 2.09. The molecule has 1 aromatic rings. The number of nitrogens with zero attached hydrogens (tertiary/aromatic N) is 2. The van der Waals surface area contributed by atoms with Crippen LogP contribution >= 0.6 is 0 Å². The van der Waals surface area contributed by atoms with Gasteiger partial charge in [0.05, 0.1) is 5.56 Å². The molecule has 2 heterocycles. The van der Waals surface area contributed by atoms with Gasteiger partial charge in [-0.05, 0) is 6.07 Å². The molecule has 1 amide bonds. The number of H-pyrrole nitrogens is 1. The SMILES string of the molecule is O=C1N=Nc2[nH]c(=O)ccc21. The van der Waals surface area contributed by atoms with Crippen molar-refractivity contribution in [3.05, 3.63) is 28.0 Å². The molecule has 5 heteroatoms. The first-order valence-electron chi connectivity index (χ1n) is 2.97. The van der Waals surface area contributed by atoms with Gasteiger partial charge in [0.15, 0.2) is 5.82 Å². The predicted octanol–water partition coefficient (Wildman–Crippen LogP) is 0.612. The molecule has 0 spiro atoms. The first-order chi connectivity index (χ1) is 5.27. The van der Waals surface area contributed by atoms with Crippen LogP contribution in [0.2, 0.25) is 0 Å². The fraction of sp³-hybridized carbons (Fsp3) is 0. The van der Waals surface area contributed by atoms with Crippen molar-refractivity contribution < 1.29 is 4.79 Å². The van der Waals surface area contributed by atoms with Crippen molar-refractivity contribution in [2.45, 2.75) is 0 Å². The van der Waals surface area contributed by atoms with Gasteiger partial charge in [-0.1, -0.05) is 0 Å². The number of azo groups is 1. The van der Waals surface area contributed by atoms with Gasteiger partial charge in [0, 0.05) is 6.07 Å². The van der Waals surface area contributed by atoms with Crippen molar-refractivity contribution in [3.63, 3.8) is 0 Å². The normalized spacial score (nSPS) is 13.6. The second kappa shape index (κ2) is 1.85. The van der Waals surface area contributed by atoms with Crippen LogP contribution in [-0.4, -0.2) is 10.9 Å². The van der Waals surface area contributed by atoms with Crippen LogP contribution in [-0.2, 0) is 0 Å². The highest BCUT2D eigenvalue weighted by molar-refractivity contribution is 6.00. The average Bonchev–Trinajstić information content (AvgIpc) is 2.32. The molecule has 0 aliphatic carbocycles. The molecule has 0 aromatic carbocycles. The fourth-order valence-corrected chi connectivity index (χ4v) is 0.864. The van der Waals surface area contributed by atoms with E-state index in [2.05, 4.69) is 15.2 Å². The number of aromatic nitrogens is 1. The van der Waals surface area contributed by atoms with Crippen LogP contribution in [0.15, 0.2) is 27.2 Å². The van der Waals surface area contributed by atoms with E-state index in [0.717, 1.165) is 0 Å². The highest BCUT2D eigenvalue weighted by Crippen LogP contribution is 2.21. The molecule has 1 aromatic heterocycles. The average molecular weight is 149 g/mol. The predicted molar refractivity (Wildman–Crippen MR) is 35.9 cm³/mol. The maximum absolute atomic E-state index is 10.8. The zero-order valence-corrected chi connectivity index (χ0v) is 5.37. The highest BCUT2D eigenvalue weighted by atomic mass is 16.2. The molecule has 0 bridgehead atoms. The summed E-state index contributed by atoms with van der Waals surface area (Å²) in [4.78, 5) is 23.8. The first-order valence-corrected chi connectivity index (χ1v) is 2.97. The number of nitrogens with one attached hydrogen (secondary N) is 1. The summed E-state index contributed by atoms with van der Waals surface area (Å²) < 4.78 is 0. The Morgan fingerprint density at radius 2 is 2.00 bits per heavy atom. The lowest BCUT2D eigenvalue weighted by atomic mass is 10.2. The van der Waals surface area contributed by atoms with Crippen molar-refractivity contribution in [3.8, 4) is 0 Å². The van der Waals surface area contributed by atoms with E-state index in [1.807, 2.05) is 0 Å². The third kappa shape index (κ3) is 0.778. The number of pyridine rings is 1. The lowest BCUT2D eigenvalue weighted by Crippen LogP contribution is -2.03. The third-order valence-corrected chi connectivity index (χ3v) is 1.37. The highest BCUT2D eigenvalue weighted by Gasteiger charge is 2.16. The van der Waals surface area contributed by atoms with Crippen molar-refractivity contribution in [2.75, 3.05) is 0 Å². The lowest BCUT2D eigenvalue weighted by Gasteiger charge is -1.88. The summed E-state index contributed by atoms with van der Waals surface area (Å²) in [5.74, 6) is -0.154. The number of carbonyl (C=O) groups excluding carboxylic acids is 1. The molecule has 1 aliphatic heterocycles. The van der Waals surface area contributed by atoms with E-state index in [4.69, 9.17) is 0 Å². The summed E-state index contributed by atoms with van der Waals surface area (Å²) in [7, 11) is 0. The van der Waals surface area contributed by atoms with Crippen LogP contribution in [0.25, 0.3) is 0 Å². The monoisotopic (exact) mass is 149 g/mol. The van der Waals surface area contributed by atoms with Crippen molar-refractivity contribution in [1.82, 2.24) is 4.98 Å². The Bertz CT molecular complexity index is 405. The van der Waals surface area contributed by atoms with Crippen molar-refractivity contribution in [2.24, 2.45) is 10.2 Å². The zero-order chi connectivity index (χ0) is 7.84. The molecular weight excluding hydrogens is 146 g/mol. The van der Waals surface area contributed by atoms with Gasteiger partial charge in [-0.3, -0.25) is 9.59 Å². The van der Waals surface area contributed by atoms with Crippen LogP contribution in [0.3, 0.4) is 0 Å². The molecule has 0 saturated heterocycles. The zero-order valence-electron chi connectivity index (χ0n) is 5.37. The number of rotatable bonds is 0. The number of amides is 1. The summed E-state index contributed by atoms with van der Waals surface area (Å²) >= 11 is 0. The summed E-state index contributed by atoms with van der Waals surface area (Å²) in [6, 6.07) is 2.68. The Kier molecular flexibility index (Phi) is 1.00. The van der Waals surface area contributed by atoms with Gasteiger partial charge >= 0.3 is 0 Å². The lowest BCUT2D eigenvalue weighted by molar-refractivity contribution is 0.100. The van der Waals surface area contributed by atoms with E-state index in [-0.39, 0.29) is 11.4 Å². The molecule has 5 nitrogen and oxygen atoms in total. The number of hydrogen-bond donors (Lipinski definition) is 1. The quantitative estimate of drug-likeness (QED) is 0.586. The van der Waals surface area contributed by atoms with E-state index < -0.39 is 5.91 Å². The minimum absolute atomic E-state index is 0.252. The molecule has 54 valence electrons. The van der Waals surface area contributed by atoms with E-state index in [1.165, 1.54) is 12.1 Å². The molecule has 0 atom stereocenters. The summed E-state index contributed by atoms with van der Waals surface area (Å²) in [5, 5.41) is 6.72. The van der Waals surface area contributed by atoms with Crippen LogP contribution < -0.4 is 5.56 Å². The number of fused-ring (bicyclic) bond motifs is 1. The van der Waals surface area contributed by atoms with Gasteiger partial charge in [0.25, 0.3) is 5.91 Å². The van der Waals surface area contributed by atoms with Crippen LogP contribution in [0.1, 0.15) is 10.4 Å². The topological polar surface area (TPSA) is 74.7 Å². The maximum atomic E-state index is 10.8. The molecule has 0 radical (unpaired) electrons. The van der Waals surface area contributed by atoms with Gasteiger partial charge in [-0.15, -0.1) is 10.2 Å². The van der Waals surface area contributed by atoms with Crippen LogP contribution in [0.5, 0.6) is 0 Å². The van der Waals surface area contributed by atoms with Gasteiger partial charge in [0.1, 0.15) is 0 Å². The van der Waals surface area contributed by atoms with E-state index in [1.54, 1.807) is 0 Å². The number of aromatic amines is 1. The van der Waals surface area contributed by atoms with Gasteiger partial charge in [-0.2, -0.15) is 0 Å². The van der Waals surface area contributed by atoms with Crippen molar-refractivity contribution >= 4 is 11.7 Å². The third-order valence-electron chi connectivity index (χ3n) is 1.37. The minimum atomic E-state index is -0.406. The van der Waals surface area contributed by atoms with Gasteiger partial charge in [0.2, 0.25) is 5.56 Å². The van der Waals surface area contributed by atoms with Crippen LogP contribution in [0, 0.1) is 0 Å². The summed E-state index contributed by atoms with van der Waals surface area (Å²) in [5.41, 5.74) is 0.0713. The number of hydrogen-bond acceptors (Lipinski definition) is 3. The molecular formula is C6H3N3O2. The minimum Gasteiger partial charge on any atom is -0.305 e. The summed E-state index contributed by atoms with van der Waals surface area (Å²) in [6.45, 7) is 0. The molecule has 0 saturated carbocycles. The van der Waals surface area contributed by atoms with Crippen molar-refractivity contribution in [1.29, 1.82) is 0 Å². The second-order valence-electron chi connectivity index (χ2n) is 2.09. The van der Waals surface area contributed by atoms with E-state index >= 15 is 0 Å². The standard InChI is InChI=1S/C6H3N3O2/c10-4-2-1-3-5(7-4)8-9-6(3)11/h1-2H,(H,7,10). The smallest absolute Gasteiger partial charge is 0.299 e. The Morgan fingerprint density at radius 1 is 1.18 bits per heavy atom. The molecule has 1 N–H and O–H groups in total. The summed E-state index contributed by atoms with van der Waals surface area (Å²) in [6.07, 6.45) is 0. The molecule has 0 unspecified atom stereocenters. The molecule has 11 heavy (non-hydrogen) atoms. The number of carbonyl (C=O) groups is 1. The largest absolute Gasteiger partial charge is 0.305 e. The molecule has 2 rings (SSSR count). The van der Waals surface area contributed by atoms with Crippen LogP contribution in [0.4, 0.5) is 5.82 Å². The fourth-order valence-electron chi connectivity index (χ4n) is 0.864. The van der Waals surface area contributed by atoms with E-state index in [0.29, 0.717) is 5.56 Å². The Balaban J connectivity index is 2.76. The Labute approximate surface area is 60.8 Å². The maximum Gasteiger partial charge on any atom is 0.299 e. The Morgan fingerprint density at radius 3 is 2.82 bits per heavy atom. The molecule has 1 aliphatic rings. The Hall–Kier alpha value is -1.78. The van der Waals surface area contributed by atoms with Gasteiger partial charge < -0.3 is 4.98 Å². The van der Waals surface area contributed by atoms with Gasteiger partial charge in [-0.25, -0.2) is 0 Å². The first kappa shape index (κ1) is 5.96. The van der Waals surface area contributed by atoms with E-state index in [9.17, 15) is 9.59 Å². The molecule has 0 fully saturated rings.